The Morgan fingerprint density at radius 1 is 0.914 bits per heavy atom. The number of benzene rings is 1. The van der Waals surface area contributed by atoms with Crippen LogP contribution in [0.25, 0.3) is 0 Å². The van der Waals surface area contributed by atoms with Gasteiger partial charge in [-0.2, -0.15) is 0 Å². The molecule has 0 aliphatic carbocycles. The first kappa shape index (κ1) is 30.1. The average molecular weight is 493 g/mol. The summed E-state index contributed by atoms with van der Waals surface area (Å²) in [7, 11) is 0. The van der Waals surface area contributed by atoms with Crippen LogP contribution >= 0.6 is 0 Å². The lowest BCUT2D eigenvalue weighted by Crippen LogP contribution is -2.42. The highest BCUT2D eigenvalue weighted by Crippen LogP contribution is 2.17. The topological polar surface area (TPSA) is 153 Å². The van der Waals surface area contributed by atoms with Gasteiger partial charge in [0.15, 0.2) is 0 Å². The first-order chi connectivity index (χ1) is 16.5. The van der Waals surface area contributed by atoms with Gasteiger partial charge < -0.3 is 26.2 Å². The Bertz CT molecular complexity index is 804. The third-order valence-corrected chi connectivity index (χ3v) is 5.69. The third kappa shape index (κ3) is 13.5. The van der Waals surface area contributed by atoms with E-state index in [2.05, 4.69) is 34.5 Å². The summed E-state index contributed by atoms with van der Waals surface area (Å²) in [5.41, 5.74) is 8.45. The molecule has 0 spiro atoms. The van der Waals surface area contributed by atoms with Crippen molar-refractivity contribution >= 4 is 23.8 Å². The van der Waals surface area contributed by atoms with Crippen molar-refractivity contribution in [3.63, 3.8) is 0 Å². The largest absolute Gasteiger partial charge is 0.481 e. The molecule has 0 radical (unpaired) electrons. The molecule has 0 aromatic heterocycles. The van der Waals surface area contributed by atoms with Gasteiger partial charge >= 0.3 is 0 Å². The van der Waals surface area contributed by atoms with E-state index in [0.717, 1.165) is 38.8 Å². The Morgan fingerprint density at radius 2 is 1.43 bits per heavy atom. The number of amides is 2. The fraction of sp³-hybridized carbons (Fsp3) is 0.600. The van der Waals surface area contributed by atoms with Gasteiger partial charge in [-0.1, -0.05) is 24.3 Å². The van der Waals surface area contributed by atoms with E-state index in [1.54, 1.807) is 4.90 Å². The number of aliphatic carboxylic acids is 2. The molecule has 10 heteroatoms. The molecule has 0 saturated carbocycles. The van der Waals surface area contributed by atoms with Crippen LogP contribution in [0.2, 0.25) is 0 Å². The number of carbonyl (C=O) groups is 4. The SMILES string of the molecule is CC(=O)N1C[C@@H](N)CC[C@@H](C(=O)NCc2ccc(CN3CCCC3)cc2)C1.CC(=O)O.CC(=O)O. The third-order valence-electron chi connectivity index (χ3n) is 5.69. The maximum atomic E-state index is 12.6. The minimum Gasteiger partial charge on any atom is -0.481 e. The van der Waals surface area contributed by atoms with Crippen LogP contribution in [0.15, 0.2) is 24.3 Å². The molecule has 5 N–H and O–H groups in total. The van der Waals surface area contributed by atoms with Crippen molar-refractivity contribution in [2.45, 2.75) is 65.6 Å². The summed E-state index contributed by atoms with van der Waals surface area (Å²) in [6.07, 6.45) is 4.10. The molecule has 3 rings (SSSR count). The normalized spacial score (nSPS) is 19.8. The Morgan fingerprint density at radius 3 is 1.94 bits per heavy atom. The molecule has 2 atom stereocenters. The number of carbonyl (C=O) groups excluding carboxylic acids is 2. The molecule has 2 amide bonds. The van der Waals surface area contributed by atoms with Gasteiger partial charge in [-0.25, -0.2) is 0 Å². The number of nitrogens with zero attached hydrogens (tertiary/aromatic N) is 2. The zero-order valence-corrected chi connectivity index (χ0v) is 21.0. The van der Waals surface area contributed by atoms with Crippen LogP contribution in [0, 0.1) is 5.92 Å². The molecule has 1 aromatic rings. The van der Waals surface area contributed by atoms with Gasteiger partial charge in [0, 0.05) is 53.0 Å². The number of nitrogens with one attached hydrogen (secondary N) is 1. The highest BCUT2D eigenvalue weighted by molar-refractivity contribution is 5.80. The molecule has 35 heavy (non-hydrogen) atoms. The fourth-order valence-corrected chi connectivity index (χ4v) is 3.99. The lowest BCUT2D eigenvalue weighted by atomic mass is 10.0. The van der Waals surface area contributed by atoms with E-state index in [1.807, 2.05) is 0 Å². The van der Waals surface area contributed by atoms with Crippen LogP contribution < -0.4 is 11.1 Å². The lowest BCUT2D eigenvalue weighted by molar-refractivity contribution is -0.135. The first-order valence-electron chi connectivity index (χ1n) is 12.0. The molecule has 2 heterocycles. The van der Waals surface area contributed by atoms with Crippen molar-refractivity contribution in [1.82, 2.24) is 15.1 Å². The molecule has 2 fully saturated rings. The van der Waals surface area contributed by atoms with Crippen molar-refractivity contribution in [3.05, 3.63) is 35.4 Å². The van der Waals surface area contributed by atoms with E-state index in [1.165, 1.54) is 38.4 Å². The summed E-state index contributed by atoms with van der Waals surface area (Å²) in [6, 6.07) is 8.45. The van der Waals surface area contributed by atoms with Crippen LogP contribution in [0.4, 0.5) is 0 Å². The molecule has 0 unspecified atom stereocenters. The van der Waals surface area contributed by atoms with Gasteiger partial charge in [-0.3, -0.25) is 24.1 Å². The molecular weight excluding hydrogens is 452 g/mol. The predicted molar refractivity (Wildman–Crippen MR) is 132 cm³/mol. The standard InChI is InChI=1S/C21H32N4O2.2C2H4O2/c1-16(26)25-14-19(8-9-20(22)15-25)21(27)23-12-17-4-6-18(7-5-17)13-24-10-2-3-11-24;2*1-2(3)4/h4-7,19-20H,2-3,8-15,22H2,1H3,(H,23,27);2*1H3,(H,3,4)/t19-,20+;;/m1../s1. The Labute approximate surface area is 207 Å². The molecule has 1 aromatic carbocycles. The smallest absolute Gasteiger partial charge is 0.300 e. The maximum Gasteiger partial charge on any atom is 0.300 e. The lowest BCUT2D eigenvalue weighted by Gasteiger charge is -2.23. The van der Waals surface area contributed by atoms with Gasteiger partial charge in [0.25, 0.3) is 11.9 Å². The van der Waals surface area contributed by atoms with E-state index < -0.39 is 11.9 Å². The monoisotopic (exact) mass is 492 g/mol. The maximum absolute atomic E-state index is 12.6. The summed E-state index contributed by atoms with van der Waals surface area (Å²) in [4.78, 5) is 46.5. The number of likely N-dealkylation sites (tertiary alicyclic amines) is 2. The molecule has 196 valence electrons. The first-order valence-corrected chi connectivity index (χ1v) is 12.0. The van der Waals surface area contributed by atoms with Crippen molar-refractivity contribution in [3.8, 4) is 0 Å². The Balaban J connectivity index is 0.000000668. The van der Waals surface area contributed by atoms with Crippen LogP contribution in [0.3, 0.4) is 0 Å². The van der Waals surface area contributed by atoms with Crippen molar-refractivity contribution in [1.29, 1.82) is 0 Å². The average Bonchev–Trinajstić information content (AvgIpc) is 3.18. The number of nitrogens with two attached hydrogens (primary N) is 1. The van der Waals surface area contributed by atoms with E-state index in [0.29, 0.717) is 19.6 Å². The number of hydrogen-bond donors (Lipinski definition) is 4. The summed E-state index contributed by atoms with van der Waals surface area (Å²) in [6.45, 7) is 8.62. The molecule has 2 saturated heterocycles. The molecule has 0 bridgehead atoms. The molecule has 10 nitrogen and oxygen atoms in total. The highest BCUT2D eigenvalue weighted by atomic mass is 16.4. The molecule has 2 aliphatic heterocycles. The van der Waals surface area contributed by atoms with E-state index >= 15 is 0 Å². The van der Waals surface area contributed by atoms with Crippen LogP contribution in [-0.2, 0) is 32.3 Å². The minimum atomic E-state index is -0.833. The van der Waals surface area contributed by atoms with Crippen molar-refractivity contribution in [2.24, 2.45) is 11.7 Å². The second kappa shape index (κ2) is 15.8. The van der Waals surface area contributed by atoms with Gasteiger partial charge in [0.1, 0.15) is 0 Å². The van der Waals surface area contributed by atoms with Gasteiger partial charge in [-0.05, 0) is 49.9 Å². The summed E-state index contributed by atoms with van der Waals surface area (Å²) >= 11 is 0. The second-order valence-electron chi connectivity index (χ2n) is 9.01. The van der Waals surface area contributed by atoms with E-state index in [4.69, 9.17) is 25.5 Å². The minimum absolute atomic E-state index is 0.0106. The number of carboxylic acid groups (broad SMARTS) is 2. The highest BCUT2D eigenvalue weighted by Gasteiger charge is 2.28. The van der Waals surface area contributed by atoms with Crippen LogP contribution in [0.1, 0.15) is 57.6 Å². The van der Waals surface area contributed by atoms with E-state index in [9.17, 15) is 9.59 Å². The van der Waals surface area contributed by atoms with Crippen LogP contribution in [-0.4, -0.2) is 76.0 Å². The second-order valence-corrected chi connectivity index (χ2v) is 9.01. The summed E-state index contributed by atoms with van der Waals surface area (Å²) in [5, 5.41) is 17.9. The van der Waals surface area contributed by atoms with E-state index in [-0.39, 0.29) is 23.8 Å². The Kier molecular flexibility index (Phi) is 13.6. The quantitative estimate of drug-likeness (QED) is 0.484. The van der Waals surface area contributed by atoms with Gasteiger partial charge in [-0.15, -0.1) is 0 Å². The zero-order chi connectivity index (χ0) is 26.4. The fourth-order valence-electron chi connectivity index (χ4n) is 3.99. The molecular formula is C25H40N4O6. The number of hydrogen-bond acceptors (Lipinski definition) is 6. The van der Waals surface area contributed by atoms with Gasteiger partial charge in [0.05, 0.1) is 5.92 Å². The Hall–Kier alpha value is -2.98. The number of carboxylic acids is 2. The predicted octanol–water partition coefficient (Wildman–Crippen LogP) is 1.67. The zero-order valence-electron chi connectivity index (χ0n) is 21.0. The van der Waals surface area contributed by atoms with Crippen LogP contribution in [0.5, 0.6) is 0 Å². The molecule has 2 aliphatic rings. The van der Waals surface area contributed by atoms with Gasteiger partial charge in [0.2, 0.25) is 11.8 Å². The van der Waals surface area contributed by atoms with Crippen molar-refractivity contribution in [2.75, 3.05) is 26.2 Å². The summed E-state index contributed by atoms with van der Waals surface area (Å²) in [5.74, 6) is -1.85. The summed E-state index contributed by atoms with van der Waals surface area (Å²) < 4.78 is 0. The van der Waals surface area contributed by atoms with Crippen molar-refractivity contribution < 1.29 is 29.4 Å². The number of rotatable bonds is 5.